The summed E-state index contributed by atoms with van der Waals surface area (Å²) < 4.78 is 26.5. The van der Waals surface area contributed by atoms with Crippen LogP contribution in [0.2, 0.25) is 0 Å². The van der Waals surface area contributed by atoms with Crippen LogP contribution in [0.25, 0.3) is 0 Å². The van der Waals surface area contributed by atoms with Crippen molar-refractivity contribution in [3.63, 3.8) is 0 Å². The summed E-state index contributed by atoms with van der Waals surface area (Å²) >= 11 is 0. The van der Waals surface area contributed by atoms with Gasteiger partial charge in [0, 0.05) is 13.2 Å². The predicted octanol–water partition coefficient (Wildman–Crippen LogP) is 3.20. The van der Waals surface area contributed by atoms with Crippen LogP contribution in [0.1, 0.15) is 32.0 Å². The van der Waals surface area contributed by atoms with E-state index in [9.17, 15) is 8.42 Å². The molecule has 5 heteroatoms. The van der Waals surface area contributed by atoms with Gasteiger partial charge in [-0.3, -0.25) is 4.98 Å². The van der Waals surface area contributed by atoms with Gasteiger partial charge in [0.25, 0.3) is 0 Å². The van der Waals surface area contributed by atoms with Gasteiger partial charge in [0.1, 0.15) is 0 Å². The molecule has 0 aliphatic heterocycles. The molecule has 0 radical (unpaired) electrons. The van der Waals surface area contributed by atoms with Gasteiger partial charge in [-0.25, -0.2) is 8.42 Å². The van der Waals surface area contributed by atoms with Gasteiger partial charge in [-0.2, -0.15) is 4.31 Å². The molecule has 1 aromatic carbocycles. The summed E-state index contributed by atoms with van der Waals surface area (Å²) in [4.78, 5) is 4.47. The number of pyridine rings is 1. The lowest BCUT2D eigenvalue weighted by Gasteiger charge is -2.20. The van der Waals surface area contributed by atoms with E-state index in [2.05, 4.69) is 25.8 Å². The molecule has 0 N–H and O–H groups in total. The molecule has 0 aliphatic rings. The molecule has 0 saturated carbocycles. The lowest BCUT2D eigenvalue weighted by atomic mass is 9.87. The van der Waals surface area contributed by atoms with E-state index in [1.165, 1.54) is 4.31 Å². The van der Waals surface area contributed by atoms with Crippen molar-refractivity contribution < 1.29 is 8.42 Å². The van der Waals surface area contributed by atoms with E-state index in [0.717, 1.165) is 11.3 Å². The SMILES string of the molecule is CN(Cc1ccccn1)S(=O)(=O)c1ccc(C(C)(C)C)cc1. The number of aromatic nitrogens is 1. The van der Waals surface area contributed by atoms with Crippen LogP contribution in [0, 0.1) is 0 Å². The first-order chi connectivity index (χ1) is 10.2. The summed E-state index contributed by atoms with van der Waals surface area (Å²) in [5.74, 6) is 0. The van der Waals surface area contributed by atoms with Gasteiger partial charge in [0.2, 0.25) is 10.0 Å². The molecule has 1 heterocycles. The van der Waals surface area contributed by atoms with Crippen LogP contribution in [0.3, 0.4) is 0 Å². The fourth-order valence-corrected chi connectivity index (χ4v) is 3.25. The minimum Gasteiger partial charge on any atom is -0.260 e. The van der Waals surface area contributed by atoms with Crippen molar-refractivity contribution in [2.24, 2.45) is 0 Å². The summed E-state index contributed by atoms with van der Waals surface area (Å²) in [5, 5.41) is 0. The molecule has 0 aliphatic carbocycles. The van der Waals surface area contributed by atoms with Crippen molar-refractivity contribution in [1.82, 2.24) is 9.29 Å². The van der Waals surface area contributed by atoms with Crippen LogP contribution in [0.4, 0.5) is 0 Å². The Hall–Kier alpha value is -1.72. The number of hydrogen-bond acceptors (Lipinski definition) is 3. The molecular formula is C17H22N2O2S. The first-order valence-electron chi connectivity index (χ1n) is 7.18. The van der Waals surface area contributed by atoms with Gasteiger partial charge in [0.05, 0.1) is 17.1 Å². The molecule has 0 fully saturated rings. The van der Waals surface area contributed by atoms with E-state index in [-0.39, 0.29) is 12.0 Å². The Bertz CT molecular complexity index is 718. The molecule has 0 unspecified atom stereocenters. The number of hydrogen-bond donors (Lipinski definition) is 0. The van der Waals surface area contributed by atoms with Crippen molar-refractivity contribution in [3.8, 4) is 0 Å². The maximum absolute atomic E-state index is 12.6. The zero-order valence-electron chi connectivity index (χ0n) is 13.4. The maximum atomic E-state index is 12.6. The molecule has 118 valence electrons. The Morgan fingerprint density at radius 3 is 2.18 bits per heavy atom. The first-order valence-corrected chi connectivity index (χ1v) is 8.62. The smallest absolute Gasteiger partial charge is 0.243 e. The molecule has 22 heavy (non-hydrogen) atoms. The Kier molecular flexibility index (Phi) is 4.68. The molecule has 1 aromatic heterocycles. The molecule has 2 aromatic rings. The fourth-order valence-electron chi connectivity index (χ4n) is 2.11. The second-order valence-corrected chi connectivity index (χ2v) is 8.40. The van der Waals surface area contributed by atoms with E-state index < -0.39 is 10.0 Å². The summed E-state index contributed by atoms with van der Waals surface area (Å²) in [6.45, 7) is 6.56. The van der Waals surface area contributed by atoms with Gasteiger partial charge in [-0.1, -0.05) is 39.0 Å². The second kappa shape index (κ2) is 6.18. The van der Waals surface area contributed by atoms with Crippen LogP contribution in [-0.2, 0) is 22.0 Å². The lowest BCUT2D eigenvalue weighted by molar-refractivity contribution is 0.462. The van der Waals surface area contributed by atoms with E-state index in [1.807, 2.05) is 30.3 Å². The minimum absolute atomic E-state index is 0.00214. The van der Waals surface area contributed by atoms with Crippen molar-refractivity contribution in [3.05, 3.63) is 59.9 Å². The normalized spacial score (nSPS) is 12.6. The number of rotatable bonds is 4. The average Bonchev–Trinajstić information content (AvgIpc) is 2.47. The molecule has 0 atom stereocenters. The number of benzene rings is 1. The highest BCUT2D eigenvalue weighted by Gasteiger charge is 2.22. The highest BCUT2D eigenvalue weighted by Crippen LogP contribution is 2.24. The summed E-state index contributed by atoms with van der Waals surface area (Å²) in [6.07, 6.45) is 1.66. The zero-order chi connectivity index (χ0) is 16.4. The van der Waals surface area contributed by atoms with Gasteiger partial charge < -0.3 is 0 Å². The first kappa shape index (κ1) is 16.6. The monoisotopic (exact) mass is 318 g/mol. The Morgan fingerprint density at radius 1 is 1.05 bits per heavy atom. The summed E-state index contributed by atoms with van der Waals surface area (Å²) in [6, 6.07) is 12.6. The van der Waals surface area contributed by atoms with Crippen LogP contribution in [0.15, 0.2) is 53.6 Å². The van der Waals surface area contributed by atoms with E-state index in [0.29, 0.717) is 4.90 Å². The van der Waals surface area contributed by atoms with Crippen molar-refractivity contribution >= 4 is 10.0 Å². The lowest BCUT2D eigenvalue weighted by Crippen LogP contribution is -2.27. The Labute approximate surface area is 132 Å². The highest BCUT2D eigenvalue weighted by molar-refractivity contribution is 7.89. The van der Waals surface area contributed by atoms with Crippen LogP contribution < -0.4 is 0 Å². The van der Waals surface area contributed by atoms with Crippen molar-refractivity contribution in [2.75, 3.05) is 7.05 Å². The predicted molar refractivity (Wildman–Crippen MR) is 88.0 cm³/mol. The van der Waals surface area contributed by atoms with Crippen molar-refractivity contribution in [2.45, 2.75) is 37.6 Å². The molecule has 0 saturated heterocycles. The highest BCUT2D eigenvalue weighted by atomic mass is 32.2. The fraction of sp³-hybridized carbons (Fsp3) is 0.353. The summed E-state index contributed by atoms with van der Waals surface area (Å²) in [7, 11) is -1.93. The number of sulfonamides is 1. The van der Waals surface area contributed by atoms with E-state index >= 15 is 0 Å². The average molecular weight is 318 g/mol. The third-order valence-corrected chi connectivity index (χ3v) is 5.36. The van der Waals surface area contributed by atoms with Crippen LogP contribution in [-0.4, -0.2) is 24.8 Å². The third kappa shape index (κ3) is 3.72. The quantitative estimate of drug-likeness (QED) is 0.870. The largest absolute Gasteiger partial charge is 0.260 e. The topological polar surface area (TPSA) is 50.3 Å². The van der Waals surface area contributed by atoms with Gasteiger partial charge in [0.15, 0.2) is 0 Å². The van der Waals surface area contributed by atoms with Gasteiger partial charge in [-0.15, -0.1) is 0 Å². The molecule has 2 rings (SSSR count). The molecule has 0 bridgehead atoms. The molecule has 4 nitrogen and oxygen atoms in total. The Balaban J connectivity index is 2.22. The molecule has 0 amide bonds. The zero-order valence-corrected chi connectivity index (χ0v) is 14.3. The second-order valence-electron chi connectivity index (χ2n) is 6.36. The van der Waals surface area contributed by atoms with E-state index in [4.69, 9.17) is 0 Å². The van der Waals surface area contributed by atoms with Crippen LogP contribution >= 0.6 is 0 Å². The third-order valence-electron chi connectivity index (χ3n) is 3.54. The van der Waals surface area contributed by atoms with Gasteiger partial charge >= 0.3 is 0 Å². The van der Waals surface area contributed by atoms with Crippen LogP contribution in [0.5, 0.6) is 0 Å². The van der Waals surface area contributed by atoms with Crippen molar-refractivity contribution in [1.29, 1.82) is 0 Å². The van der Waals surface area contributed by atoms with E-state index in [1.54, 1.807) is 25.4 Å². The number of nitrogens with zero attached hydrogens (tertiary/aromatic N) is 2. The molecule has 0 spiro atoms. The molecular weight excluding hydrogens is 296 g/mol. The Morgan fingerprint density at radius 2 is 1.68 bits per heavy atom. The standard InChI is InChI=1S/C17H22N2O2S/c1-17(2,3)14-8-10-16(11-9-14)22(20,21)19(4)13-15-7-5-6-12-18-15/h5-12H,13H2,1-4H3. The minimum atomic E-state index is -3.51. The maximum Gasteiger partial charge on any atom is 0.243 e. The van der Waals surface area contributed by atoms with Gasteiger partial charge in [-0.05, 0) is 35.2 Å². The summed E-state index contributed by atoms with van der Waals surface area (Å²) in [5.41, 5.74) is 1.83.